The summed E-state index contributed by atoms with van der Waals surface area (Å²) in [6.45, 7) is 0.743. The van der Waals surface area contributed by atoms with Crippen LogP contribution in [0.2, 0.25) is 0 Å². The summed E-state index contributed by atoms with van der Waals surface area (Å²) in [4.78, 5) is 22.2. The number of nitrogens with one attached hydrogen (secondary N) is 1. The summed E-state index contributed by atoms with van der Waals surface area (Å²) in [5.74, 6) is 0.279. The van der Waals surface area contributed by atoms with E-state index in [2.05, 4.69) is 15.0 Å². The third-order valence-corrected chi connectivity index (χ3v) is 2.63. The highest BCUT2D eigenvalue weighted by molar-refractivity contribution is 5.80. The predicted octanol–water partition coefficient (Wildman–Crippen LogP) is -0.136. The molecular formula is C10H15N5O2. The number of anilines is 1. The topological polar surface area (TPSA) is 110 Å². The van der Waals surface area contributed by atoms with E-state index in [0.29, 0.717) is 17.7 Å². The van der Waals surface area contributed by atoms with Crippen LogP contribution in [-0.2, 0) is 6.54 Å². The molecule has 0 spiro atoms. The van der Waals surface area contributed by atoms with Gasteiger partial charge in [-0.25, -0.2) is 14.8 Å². The van der Waals surface area contributed by atoms with Crippen LogP contribution in [-0.4, -0.2) is 31.2 Å². The molecule has 0 aliphatic heterocycles. The van der Waals surface area contributed by atoms with Crippen LogP contribution in [0, 0.1) is 0 Å². The number of aliphatic hydroxyl groups excluding tert-OH is 1. The highest BCUT2D eigenvalue weighted by Crippen LogP contribution is 2.12. The first-order valence-corrected chi connectivity index (χ1v) is 5.54. The molecule has 0 aliphatic carbocycles. The molecule has 0 bridgehead atoms. The molecular weight excluding hydrogens is 222 g/mol. The van der Waals surface area contributed by atoms with Gasteiger partial charge in [0, 0.05) is 13.2 Å². The van der Waals surface area contributed by atoms with Crippen molar-refractivity contribution < 1.29 is 5.11 Å². The van der Waals surface area contributed by atoms with Crippen molar-refractivity contribution in [1.29, 1.82) is 0 Å². The molecule has 0 saturated heterocycles. The maximum absolute atomic E-state index is 11.7. The molecule has 0 aromatic carbocycles. The Morgan fingerprint density at radius 2 is 2.18 bits per heavy atom. The zero-order valence-corrected chi connectivity index (χ0v) is 9.39. The summed E-state index contributed by atoms with van der Waals surface area (Å²) in [6.07, 6.45) is 3.77. The number of unbranched alkanes of at least 4 members (excludes halogenated alkanes) is 2. The van der Waals surface area contributed by atoms with Crippen molar-refractivity contribution in [2.24, 2.45) is 0 Å². The Kier molecular flexibility index (Phi) is 3.38. The highest BCUT2D eigenvalue weighted by atomic mass is 16.2. The Balaban J connectivity index is 2.25. The van der Waals surface area contributed by atoms with E-state index in [1.165, 1.54) is 6.33 Å². The largest absolute Gasteiger partial charge is 0.396 e. The first-order chi connectivity index (χ1) is 8.24. The number of nitrogens with zero attached hydrogens (tertiary/aromatic N) is 3. The number of fused-ring (bicyclic) bond motifs is 1. The van der Waals surface area contributed by atoms with E-state index in [1.54, 1.807) is 4.57 Å². The van der Waals surface area contributed by atoms with Crippen LogP contribution in [0.25, 0.3) is 11.2 Å². The van der Waals surface area contributed by atoms with Crippen molar-refractivity contribution in [2.45, 2.75) is 25.8 Å². The van der Waals surface area contributed by atoms with E-state index >= 15 is 0 Å². The summed E-state index contributed by atoms with van der Waals surface area (Å²) in [6, 6.07) is 0. The van der Waals surface area contributed by atoms with Crippen LogP contribution < -0.4 is 11.4 Å². The Morgan fingerprint density at radius 1 is 1.35 bits per heavy atom. The number of aliphatic hydroxyl groups is 1. The number of imidazole rings is 1. The normalized spacial score (nSPS) is 11.1. The summed E-state index contributed by atoms with van der Waals surface area (Å²) < 4.78 is 1.55. The van der Waals surface area contributed by atoms with E-state index in [-0.39, 0.29) is 18.1 Å². The Morgan fingerprint density at radius 3 is 2.94 bits per heavy atom. The van der Waals surface area contributed by atoms with E-state index in [9.17, 15) is 4.79 Å². The lowest BCUT2D eigenvalue weighted by atomic mass is 10.2. The number of rotatable bonds is 5. The van der Waals surface area contributed by atoms with Gasteiger partial charge in [0.05, 0.1) is 0 Å². The number of H-pyrrole nitrogens is 1. The number of aromatic nitrogens is 4. The molecule has 17 heavy (non-hydrogen) atoms. The fourth-order valence-corrected chi connectivity index (χ4v) is 1.75. The second kappa shape index (κ2) is 4.96. The van der Waals surface area contributed by atoms with Crippen molar-refractivity contribution >= 4 is 17.0 Å². The van der Waals surface area contributed by atoms with Gasteiger partial charge in [0.15, 0.2) is 11.5 Å². The van der Waals surface area contributed by atoms with Crippen molar-refractivity contribution in [3.63, 3.8) is 0 Å². The van der Waals surface area contributed by atoms with E-state index in [4.69, 9.17) is 10.8 Å². The Hall–Kier alpha value is -1.89. The second-order valence-electron chi connectivity index (χ2n) is 3.82. The van der Waals surface area contributed by atoms with Gasteiger partial charge in [-0.15, -0.1) is 0 Å². The van der Waals surface area contributed by atoms with Gasteiger partial charge >= 0.3 is 5.69 Å². The fourth-order valence-electron chi connectivity index (χ4n) is 1.75. The Bertz CT molecular complexity index is 559. The Labute approximate surface area is 97.3 Å². The molecule has 2 rings (SSSR count). The number of aromatic amines is 1. The minimum absolute atomic E-state index is 0.178. The third-order valence-electron chi connectivity index (χ3n) is 2.63. The van der Waals surface area contributed by atoms with Gasteiger partial charge in [-0.3, -0.25) is 4.57 Å². The molecule has 7 heteroatoms. The summed E-state index contributed by atoms with van der Waals surface area (Å²) in [5.41, 5.74) is 6.44. The molecule has 2 heterocycles. The van der Waals surface area contributed by atoms with Crippen molar-refractivity contribution in [2.75, 3.05) is 12.3 Å². The molecule has 0 unspecified atom stereocenters. The zero-order chi connectivity index (χ0) is 12.3. The minimum atomic E-state index is -0.226. The van der Waals surface area contributed by atoms with Crippen LogP contribution in [0.4, 0.5) is 5.82 Å². The van der Waals surface area contributed by atoms with Crippen LogP contribution in [0.5, 0.6) is 0 Å². The fraction of sp³-hybridized carbons (Fsp3) is 0.500. The predicted molar refractivity (Wildman–Crippen MR) is 63.5 cm³/mol. The number of nitrogen functional groups attached to an aromatic ring is 1. The molecule has 2 aromatic heterocycles. The van der Waals surface area contributed by atoms with Gasteiger partial charge < -0.3 is 15.8 Å². The molecule has 4 N–H and O–H groups in total. The van der Waals surface area contributed by atoms with Crippen LogP contribution in [0.3, 0.4) is 0 Å². The zero-order valence-electron chi connectivity index (χ0n) is 9.39. The van der Waals surface area contributed by atoms with E-state index < -0.39 is 0 Å². The van der Waals surface area contributed by atoms with Crippen molar-refractivity contribution in [3.8, 4) is 0 Å². The monoisotopic (exact) mass is 237 g/mol. The van der Waals surface area contributed by atoms with E-state index in [1.807, 2.05) is 0 Å². The molecule has 0 fully saturated rings. The lowest BCUT2D eigenvalue weighted by Crippen LogP contribution is -2.17. The molecule has 7 nitrogen and oxygen atoms in total. The maximum atomic E-state index is 11.7. The number of hydrogen-bond acceptors (Lipinski definition) is 5. The minimum Gasteiger partial charge on any atom is -0.396 e. The first kappa shape index (κ1) is 11.6. The van der Waals surface area contributed by atoms with Crippen molar-refractivity contribution in [3.05, 3.63) is 16.8 Å². The van der Waals surface area contributed by atoms with Gasteiger partial charge in [-0.05, 0) is 19.3 Å². The van der Waals surface area contributed by atoms with Gasteiger partial charge in [-0.1, -0.05) is 0 Å². The third kappa shape index (κ3) is 2.28. The van der Waals surface area contributed by atoms with Crippen LogP contribution in [0.15, 0.2) is 11.1 Å². The standard InChI is InChI=1S/C10H15N5O2/c11-8-7-9(13-6-12-8)15(10(17)14-7)4-2-1-3-5-16/h6,16H,1-5H2,(H,14,17)(H2,11,12,13). The molecule has 2 aromatic rings. The molecule has 0 amide bonds. The molecule has 92 valence electrons. The van der Waals surface area contributed by atoms with Crippen molar-refractivity contribution in [1.82, 2.24) is 19.5 Å². The number of nitrogens with two attached hydrogens (primary N) is 1. The average molecular weight is 237 g/mol. The van der Waals surface area contributed by atoms with Gasteiger partial charge in [0.2, 0.25) is 0 Å². The first-order valence-electron chi connectivity index (χ1n) is 5.54. The molecule has 0 saturated carbocycles. The smallest absolute Gasteiger partial charge is 0.327 e. The second-order valence-corrected chi connectivity index (χ2v) is 3.82. The van der Waals surface area contributed by atoms with Crippen LogP contribution >= 0.6 is 0 Å². The van der Waals surface area contributed by atoms with E-state index in [0.717, 1.165) is 19.3 Å². The lowest BCUT2D eigenvalue weighted by Gasteiger charge is -2.01. The molecule has 0 aliphatic rings. The van der Waals surface area contributed by atoms with Crippen LogP contribution in [0.1, 0.15) is 19.3 Å². The van der Waals surface area contributed by atoms with Gasteiger partial charge in [0.1, 0.15) is 11.8 Å². The summed E-state index contributed by atoms with van der Waals surface area (Å²) in [7, 11) is 0. The SMILES string of the molecule is Nc1ncnc2c1[nH]c(=O)n2CCCCCO. The summed E-state index contributed by atoms with van der Waals surface area (Å²) >= 11 is 0. The number of hydrogen-bond donors (Lipinski definition) is 3. The molecule has 0 radical (unpaired) electrons. The van der Waals surface area contributed by atoms with Gasteiger partial charge in [-0.2, -0.15) is 0 Å². The number of aryl methyl sites for hydroxylation is 1. The highest BCUT2D eigenvalue weighted by Gasteiger charge is 2.10. The summed E-state index contributed by atoms with van der Waals surface area (Å²) in [5, 5.41) is 8.67. The average Bonchev–Trinajstić information content (AvgIpc) is 2.63. The molecule has 0 atom stereocenters. The quantitative estimate of drug-likeness (QED) is 0.627. The maximum Gasteiger partial charge on any atom is 0.327 e. The van der Waals surface area contributed by atoms with Gasteiger partial charge in [0.25, 0.3) is 0 Å². The lowest BCUT2D eigenvalue weighted by molar-refractivity contribution is 0.282.